The van der Waals surface area contributed by atoms with Crippen molar-refractivity contribution in [1.29, 1.82) is 0 Å². The molecule has 1 aliphatic rings. The molecule has 0 spiro atoms. The standard InChI is InChI=1S/C17H26N2O/c1-13(2)18-17(20)15-8-10-19(11-9-15)12-16-7-5-4-6-14(16)3/h4-7,13,15H,8-12H2,1-3H3,(H,18,20). The van der Waals surface area contributed by atoms with Gasteiger partial charge in [0.2, 0.25) is 5.91 Å². The number of nitrogens with one attached hydrogen (secondary N) is 1. The van der Waals surface area contributed by atoms with Gasteiger partial charge in [0.25, 0.3) is 0 Å². The maximum atomic E-state index is 12.0. The quantitative estimate of drug-likeness (QED) is 0.915. The Morgan fingerprint density at radius 1 is 1.30 bits per heavy atom. The molecule has 0 radical (unpaired) electrons. The van der Waals surface area contributed by atoms with Gasteiger partial charge in [0, 0.05) is 18.5 Å². The molecule has 0 aromatic heterocycles. The van der Waals surface area contributed by atoms with Gasteiger partial charge >= 0.3 is 0 Å². The van der Waals surface area contributed by atoms with E-state index in [4.69, 9.17) is 0 Å². The molecule has 1 heterocycles. The van der Waals surface area contributed by atoms with Gasteiger partial charge in [-0.1, -0.05) is 24.3 Å². The number of amides is 1. The molecule has 1 aromatic rings. The minimum Gasteiger partial charge on any atom is -0.354 e. The van der Waals surface area contributed by atoms with Gasteiger partial charge in [-0.15, -0.1) is 0 Å². The maximum absolute atomic E-state index is 12.0. The van der Waals surface area contributed by atoms with Gasteiger partial charge in [0.05, 0.1) is 0 Å². The molecule has 20 heavy (non-hydrogen) atoms. The Balaban J connectivity index is 1.83. The van der Waals surface area contributed by atoms with E-state index < -0.39 is 0 Å². The van der Waals surface area contributed by atoms with Crippen LogP contribution in [0, 0.1) is 12.8 Å². The molecule has 3 nitrogen and oxygen atoms in total. The molecule has 1 N–H and O–H groups in total. The number of nitrogens with zero attached hydrogens (tertiary/aromatic N) is 1. The topological polar surface area (TPSA) is 32.3 Å². The van der Waals surface area contributed by atoms with Gasteiger partial charge in [0.15, 0.2) is 0 Å². The predicted molar refractivity (Wildman–Crippen MR) is 82.5 cm³/mol. The highest BCUT2D eigenvalue weighted by Crippen LogP contribution is 2.20. The van der Waals surface area contributed by atoms with Crippen molar-refractivity contribution in [3.8, 4) is 0 Å². The second-order valence-corrected chi connectivity index (χ2v) is 6.14. The van der Waals surface area contributed by atoms with Crippen LogP contribution in [0.3, 0.4) is 0 Å². The van der Waals surface area contributed by atoms with Crippen molar-refractivity contribution < 1.29 is 4.79 Å². The smallest absolute Gasteiger partial charge is 0.223 e. The largest absolute Gasteiger partial charge is 0.354 e. The van der Waals surface area contributed by atoms with Crippen molar-refractivity contribution in [3.63, 3.8) is 0 Å². The number of likely N-dealkylation sites (tertiary alicyclic amines) is 1. The van der Waals surface area contributed by atoms with E-state index in [9.17, 15) is 4.79 Å². The van der Waals surface area contributed by atoms with E-state index in [-0.39, 0.29) is 17.9 Å². The van der Waals surface area contributed by atoms with Crippen molar-refractivity contribution in [1.82, 2.24) is 10.2 Å². The summed E-state index contributed by atoms with van der Waals surface area (Å²) >= 11 is 0. The Kier molecular flexibility index (Phi) is 5.18. The van der Waals surface area contributed by atoms with Crippen molar-refractivity contribution in [2.75, 3.05) is 13.1 Å². The first-order valence-electron chi connectivity index (χ1n) is 7.63. The molecule has 0 saturated carbocycles. The number of benzene rings is 1. The van der Waals surface area contributed by atoms with E-state index in [0.29, 0.717) is 0 Å². The highest BCUT2D eigenvalue weighted by molar-refractivity contribution is 5.78. The Morgan fingerprint density at radius 2 is 1.95 bits per heavy atom. The lowest BCUT2D eigenvalue weighted by Gasteiger charge is -2.32. The number of carbonyl (C=O) groups is 1. The summed E-state index contributed by atoms with van der Waals surface area (Å²) in [7, 11) is 0. The third kappa shape index (κ3) is 4.07. The first-order valence-corrected chi connectivity index (χ1v) is 7.63. The van der Waals surface area contributed by atoms with Crippen molar-refractivity contribution in [2.24, 2.45) is 5.92 Å². The van der Waals surface area contributed by atoms with Gasteiger partial charge in [-0.3, -0.25) is 9.69 Å². The summed E-state index contributed by atoms with van der Waals surface area (Å²) in [5.41, 5.74) is 2.75. The fourth-order valence-electron chi connectivity index (χ4n) is 2.78. The fraction of sp³-hybridized carbons (Fsp3) is 0.588. The predicted octanol–water partition coefficient (Wildman–Crippen LogP) is 2.73. The summed E-state index contributed by atoms with van der Waals surface area (Å²) < 4.78 is 0. The number of hydrogen-bond acceptors (Lipinski definition) is 2. The van der Waals surface area contributed by atoms with Crippen molar-refractivity contribution in [3.05, 3.63) is 35.4 Å². The van der Waals surface area contributed by atoms with Gasteiger partial charge < -0.3 is 5.32 Å². The van der Waals surface area contributed by atoms with E-state index in [2.05, 4.69) is 41.4 Å². The van der Waals surface area contributed by atoms with E-state index in [1.807, 2.05) is 13.8 Å². The number of piperidine rings is 1. The molecule has 1 amide bonds. The first-order chi connectivity index (χ1) is 9.56. The molecule has 3 heteroatoms. The molecule has 0 aliphatic carbocycles. The lowest BCUT2D eigenvalue weighted by molar-refractivity contribution is -0.127. The molecular weight excluding hydrogens is 248 g/mol. The van der Waals surface area contributed by atoms with Crippen molar-refractivity contribution >= 4 is 5.91 Å². The summed E-state index contributed by atoms with van der Waals surface area (Å²) in [4.78, 5) is 14.5. The van der Waals surface area contributed by atoms with E-state index in [1.54, 1.807) is 0 Å². The average molecular weight is 274 g/mol. The van der Waals surface area contributed by atoms with Gasteiger partial charge in [-0.25, -0.2) is 0 Å². The highest BCUT2D eigenvalue weighted by Gasteiger charge is 2.25. The normalized spacial score (nSPS) is 17.4. The number of rotatable bonds is 4. The molecule has 1 saturated heterocycles. The Hall–Kier alpha value is -1.35. The summed E-state index contributed by atoms with van der Waals surface area (Å²) in [6, 6.07) is 8.80. The Bertz CT molecular complexity index is 448. The zero-order valence-corrected chi connectivity index (χ0v) is 12.9. The van der Waals surface area contributed by atoms with Gasteiger partial charge in [-0.2, -0.15) is 0 Å². The average Bonchev–Trinajstić information content (AvgIpc) is 2.41. The fourth-order valence-corrected chi connectivity index (χ4v) is 2.78. The SMILES string of the molecule is Cc1ccccc1CN1CCC(C(=O)NC(C)C)CC1. The zero-order valence-electron chi connectivity index (χ0n) is 12.9. The molecule has 0 atom stereocenters. The minimum atomic E-state index is 0.200. The molecule has 1 aromatic carbocycles. The molecule has 1 fully saturated rings. The third-order valence-corrected chi connectivity index (χ3v) is 4.04. The molecular formula is C17H26N2O. The molecule has 110 valence electrons. The van der Waals surface area contributed by atoms with Crippen LogP contribution in [0.15, 0.2) is 24.3 Å². The van der Waals surface area contributed by atoms with Crippen molar-refractivity contribution in [2.45, 2.75) is 46.2 Å². The second-order valence-electron chi connectivity index (χ2n) is 6.14. The van der Waals surface area contributed by atoms with Gasteiger partial charge in [0.1, 0.15) is 0 Å². The van der Waals surface area contributed by atoms with Crippen LogP contribution in [-0.4, -0.2) is 29.9 Å². The number of carbonyl (C=O) groups excluding carboxylic acids is 1. The molecule has 2 rings (SSSR count). The maximum Gasteiger partial charge on any atom is 0.223 e. The lowest BCUT2D eigenvalue weighted by Crippen LogP contribution is -2.42. The van der Waals surface area contributed by atoms with Crippen LogP contribution in [-0.2, 0) is 11.3 Å². The molecule has 0 bridgehead atoms. The lowest BCUT2D eigenvalue weighted by atomic mass is 9.95. The van der Waals surface area contributed by atoms with Crippen LogP contribution in [0.2, 0.25) is 0 Å². The van der Waals surface area contributed by atoms with Crippen LogP contribution < -0.4 is 5.32 Å². The highest BCUT2D eigenvalue weighted by atomic mass is 16.1. The van der Waals surface area contributed by atoms with E-state index in [1.165, 1.54) is 11.1 Å². The van der Waals surface area contributed by atoms with E-state index in [0.717, 1.165) is 32.5 Å². The van der Waals surface area contributed by atoms with Gasteiger partial charge in [-0.05, 0) is 57.8 Å². The summed E-state index contributed by atoms with van der Waals surface area (Å²) in [6.45, 7) is 9.24. The number of hydrogen-bond donors (Lipinski definition) is 1. The minimum absolute atomic E-state index is 0.200. The van der Waals surface area contributed by atoms with Crippen LogP contribution in [0.1, 0.15) is 37.8 Å². The third-order valence-electron chi connectivity index (χ3n) is 4.04. The van der Waals surface area contributed by atoms with E-state index >= 15 is 0 Å². The monoisotopic (exact) mass is 274 g/mol. The zero-order chi connectivity index (χ0) is 14.5. The Labute approximate surface area is 122 Å². The Morgan fingerprint density at radius 3 is 2.55 bits per heavy atom. The summed E-state index contributed by atoms with van der Waals surface area (Å²) in [6.07, 6.45) is 1.95. The van der Waals surface area contributed by atoms with Crippen LogP contribution in [0.5, 0.6) is 0 Å². The molecule has 0 unspecified atom stereocenters. The van der Waals surface area contributed by atoms with Crippen LogP contribution in [0.25, 0.3) is 0 Å². The van der Waals surface area contributed by atoms with Crippen LogP contribution >= 0.6 is 0 Å². The van der Waals surface area contributed by atoms with Crippen LogP contribution in [0.4, 0.5) is 0 Å². The summed E-state index contributed by atoms with van der Waals surface area (Å²) in [5, 5.41) is 3.03. The second kappa shape index (κ2) is 6.89. The molecule has 1 aliphatic heterocycles. The number of aryl methyl sites for hydroxylation is 1. The summed E-state index contributed by atoms with van der Waals surface area (Å²) in [5.74, 6) is 0.432. The first kappa shape index (κ1) is 15.0.